The third-order valence-electron chi connectivity index (χ3n) is 2.46. The molecular formula is C12H10ClFN4O3. The van der Waals surface area contributed by atoms with E-state index in [4.69, 9.17) is 11.6 Å². The van der Waals surface area contributed by atoms with Gasteiger partial charge in [-0.25, -0.2) is 9.37 Å². The molecule has 1 amide bonds. The second-order valence-corrected chi connectivity index (χ2v) is 4.31. The molecule has 7 nitrogen and oxygen atoms in total. The molecule has 0 unspecified atom stereocenters. The molecule has 0 saturated heterocycles. The van der Waals surface area contributed by atoms with Gasteiger partial charge in [-0.1, -0.05) is 11.6 Å². The highest BCUT2D eigenvalue weighted by Gasteiger charge is 2.14. The van der Waals surface area contributed by atoms with Crippen molar-refractivity contribution in [1.29, 1.82) is 0 Å². The number of pyridine rings is 1. The number of anilines is 1. The molecule has 0 spiro atoms. The van der Waals surface area contributed by atoms with E-state index in [1.54, 1.807) is 0 Å². The van der Waals surface area contributed by atoms with Gasteiger partial charge in [-0.15, -0.1) is 0 Å². The lowest BCUT2D eigenvalue weighted by Gasteiger charge is -2.04. The summed E-state index contributed by atoms with van der Waals surface area (Å²) < 4.78 is 18.8. The number of nitrogens with one attached hydrogen (secondary N) is 1. The molecule has 0 atom stereocenters. The number of hydrogen-bond acceptors (Lipinski definition) is 5. The molecule has 2 rings (SSSR count). The topological polar surface area (TPSA) is 86.1 Å². The standard InChI is InChI=1S/C12H10ClFN4O3/c1-21-10(19)6-18-5-8(4-16-18)17-12(20)9-2-7(14)3-15-11(9)13/h2-5H,6H2,1H3,(H,17,20). The second-order valence-electron chi connectivity index (χ2n) is 3.95. The number of nitrogens with zero attached hydrogens (tertiary/aromatic N) is 3. The number of aromatic nitrogens is 3. The number of ether oxygens (including phenoxy) is 1. The van der Waals surface area contributed by atoms with Gasteiger partial charge < -0.3 is 10.1 Å². The molecule has 2 aromatic rings. The predicted molar refractivity (Wildman–Crippen MR) is 71.4 cm³/mol. The van der Waals surface area contributed by atoms with E-state index in [9.17, 15) is 14.0 Å². The van der Waals surface area contributed by atoms with Crippen molar-refractivity contribution < 1.29 is 18.7 Å². The molecule has 0 aromatic carbocycles. The number of carbonyl (C=O) groups is 2. The average molecular weight is 313 g/mol. The molecule has 2 heterocycles. The van der Waals surface area contributed by atoms with Gasteiger partial charge in [-0.3, -0.25) is 14.3 Å². The summed E-state index contributed by atoms with van der Waals surface area (Å²) in [6.07, 6.45) is 3.67. The Balaban J connectivity index is 2.09. The van der Waals surface area contributed by atoms with Gasteiger partial charge in [0, 0.05) is 6.20 Å². The molecule has 0 saturated carbocycles. The van der Waals surface area contributed by atoms with Gasteiger partial charge >= 0.3 is 5.97 Å². The Hall–Kier alpha value is -2.48. The minimum absolute atomic E-state index is 0.0886. The van der Waals surface area contributed by atoms with E-state index in [1.165, 1.54) is 24.2 Å². The largest absolute Gasteiger partial charge is 0.468 e. The van der Waals surface area contributed by atoms with Gasteiger partial charge in [-0.2, -0.15) is 5.10 Å². The van der Waals surface area contributed by atoms with E-state index in [2.05, 4.69) is 20.1 Å². The Labute approximate surface area is 123 Å². The highest BCUT2D eigenvalue weighted by Crippen LogP contribution is 2.16. The summed E-state index contributed by atoms with van der Waals surface area (Å²) in [4.78, 5) is 26.6. The van der Waals surface area contributed by atoms with E-state index in [0.29, 0.717) is 5.69 Å². The second kappa shape index (κ2) is 6.31. The first-order valence-electron chi connectivity index (χ1n) is 5.71. The van der Waals surface area contributed by atoms with Gasteiger partial charge in [0.15, 0.2) is 0 Å². The lowest BCUT2D eigenvalue weighted by molar-refractivity contribution is -0.141. The van der Waals surface area contributed by atoms with E-state index in [-0.39, 0.29) is 17.3 Å². The molecule has 110 valence electrons. The predicted octanol–water partition coefficient (Wildman–Crippen LogP) is 1.50. The Bertz CT molecular complexity index is 689. The lowest BCUT2D eigenvalue weighted by Crippen LogP contribution is -2.13. The first-order valence-corrected chi connectivity index (χ1v) is 6.09. The van der Waals surface area contributed by atoms with Gasteiger partial charge in [-0.05, 0) is 6.07 Å². The Morgan fingerprint density at radius 1 is 1.48 bits per heavy atom. The SMILES string of the molecule is COC(=O)Cn1cc(NC(=O)c2cc(F)cnc2Cl)cn1. The fourth-order valence-electron chi connectivity index (χ4n) is 1.49. The molecule has 2 aromatic heterocycles. The summed E-state index contributed by atoms with van der Waals surface area (Å²) in [5.74, 6) is -1.79. The fourth-order valence-corrected chi connectivity index (χ4v) is 1.68. The first kappa shape index (κ1) is 14.9. The number of amides is 1. The lowest BCUT2D eigenvalue weighted by atomic mass is 10.2. The van der Waals surface area contributed by atoms with Crippen molar-refractivity contribution in [2.75, 3.05) is 12.4 Å². The van der Waals surface area contributed by atoms with Crippen LogP contribution in [0.3, 0.4) is 0 Å². The van der Waals surface area contributed by atoms with Gasteiger partial charge in [0.2, 0.25) is 0 Å². The van der Waals surface area contributed by atoms with Crippen molar-refractivity contribution in [3.63, 3.8) is 0 Å². The molecule has 0 bridgehead atoms. The number of esters is 1. The van der Waals surface area contributed by atoms with Crippen LogP contribution >= 0.6 is 11.6 Å². The maximum Gasteiger partial charge on any atom is 0.327 e. The monoisotopic (exact) mass is 312 g/mol. The zero-order valence-electron chi connectivity index (χ0n) is 10.8. The van der Waals surface area contributed by atoms with Crippen LogP contribution in [0.5, 0.6) is 0 Å². The van der Waals surface area contributed by atoms with Crippen molar-refractivity contribution in [2.24, 2.45) is 0 Å². The normalized spacial score (nSPS) is 10.2. The summed E-state index contributed by atoms with van der Waals surface area (Å²) >= 11 is 5.73. The Kier molecular flexibility index (Phi) is 4.49. The molecule has 1 N–H and O–H groups in total. The van der Waals surface area contributed by atoms with Crippen LogP contribution in [-0.4, -0.2) is 33.8 Å². The van der Waals surface area contributed by atoms with Crippen LogP contribution in [0.1, 0.15) is 10.4 Å². The maximum absolute atomic E-state index is 13.1. The van der Waals surface area contributed by atoms with Crippen molar-refractivity contribution in [2.45, 2.75) is 6.54 Å². The van der Waals surface area contributed by atoms with Crippen molar-refractivity contribution in [3.05, 3.63) is 41.2 Å². The average Bonchev–Trinajstić information content (AvgIpc) is 2.88. The van der Waals surface area contributed by atoms with Gasteiger partial charge in [0.05, 0.1) is 30.8 Å². The van der Waals surface area contributed by atoms with Crippen LogP contribution in [0.25, 0.3) is 0 Å². The summed E-state index contributed by atoms with van der Waals surface area (Å²) in [7, 11) is 1.26. The zero-order valence-corrected chi connectivity index (χ0v) is 11.6. The fraction of sp³-hybridized carbons (Fsp3) is 0.167. The highest BCUT2D eigenvalue weighted by molar-refractivity contribution is 6.33. The van der Waals surface area contributed by atoms with Crippen LogP contribution in [0.2, 0.25) is 5.15 Å². The van der Waals surface area contributed by atoms with E-state index in [0.717, 1.165) is 12.3 Å². The molecule has 0 aliphatic carbocycles. The molecule has 9 heteroatoms. The maximum atomic E-state index is 13.1. The third kappa shape index (κ3) is 3.76. The summed E-state index contributed by atoms with van der Waals surface area (Å²) in [5, 5.41) is 6.23. The number of methoxy groups -OCH3 is 1. The Morgan fingerprint density at radius 3 is 2.95 bits per heavy atom. The Morgan fingerprint density at radius 2 is 2.24 bits per heavy atom. The van der Waals surface area contributed by atoms with E-state index >= 15 is 0 Å². The quantitative estimate of drug-likeness (QED) is 0.683. The summed E-state index contributed by atoms with van der Waals surface area (Å²) in [6, 6.07) is 0.976. The van der Waals surface area contributed by atoms with Crippen molar-refractivity contribution >= 4 is 29.2 Å². The molecule has 0 radical (unpaired) electrons. The summed E-state index contributed by atoms with van der Waals surface area (Å²) in [6.45, 7) is -0.0886. The van der Waals surface area contributed by atoms with Gasteiger partial charge in [0.25, 0.3) is 5.91 Å². The van der Waals surface area contributed by atoms with Crippen LogP contribution in [0, 0.1) is 5.82 Å². The first-order chi connectivity index (χ1) is 9.99. The third-order valence-corrected chi connectivity index (χ3v) is 2.76. The van der Waals surface area contributed by atoms with Crippen LogP contribution < -0.4 is 5.32 Å². The van der Waals surface area contributed by atoms with Crippen LogP contribution in [0.4, 0.5) is 10.1 Å². The molecule has 0 fully saturated rings. The highest BCUT2D eigenvalue weighted by atomic mass is 35.5. The smallest absolute Gasteiger partial charge is 0.327 e. The van der Waals surface area contributed by atoms with Crippen molar-refractivity contribution in [1.82, 2.24) is 14.8 Å². The minimum atomic E-state index is -0.675. The molecule has 0 aliphatic heterocycles. The van der Waals surface area contributed by atoms with Crippen LogP contribution in [0.15, 0.2) is 24.7 Å². The van der Waals surface area contributed by atoms with Gasteiger partial charge in [0.1, 0.15) is 17.5 Å². The van der Waals surface area contributed by atoms with E-state index < -0.39 is 17.7 Å². The minimum Gasteiger partial charge on any atom is -0.468 e. The molecule has 0 aliphatic rings. The zero-order chi connectivity index (χ0) is 15.4. The number of rotatable bonds is 4. The number of carbonyl (C=O) groups excluding carboxylic acids is 2. The molecular weight excluding hydrogens is 303 g/mol. The number of hydrogen-bond donors (Lipinski definition) is 1. The molecule has 21 heavy (non-hydrogen) atoms. The number of halogens is 2. The van der Waals surface area contributed by atoms with E-state index in [1.807, 2.05) is 0 Å². The summed E-state index contributed by atoms with van der Waals surface area (Å²) in [5.41, 5.74) is 0.224. The van der Waals surface area contributed by atoms with Crippen molar-refractivity contribution in [3.8, 4) is 0 Å². The van der Waals surface area contributed by atoms with Crippen LogP contribution in [-0.2, 0) is 16.1 Å².